The number of unbranched alkanes of at least 4 members (excludes halogenated alkanes) is 43. The first-order valence-corrected chi connectivity index (χ1v) is 39.7. The number of aliphatic hydroxyl groups is 1. The van der Waals surface area contributed by atoms with Gasteiger partial charge in [-0.2, -0.15) is 0 Å². The van der Waals surface area contributed by atoms with Crippen molar-refractivity contribution in [1.29, 1.82) is 0 Å². The van der Waals surface area contributed by atoms with Gasteiger partial charge in [-0.25, -0.2) is 0 Å². The second-order valence-corrected chi connectivity index (χ2v) is 26.4. The van der Waals surface area contributed by atoms with E-state index in [0.29, 0.717) is 12.8 Å². The molecule has 0 aromatic carbocycles. The highest BCUT2D eigenvalue weighted by atomic mass is 16.6. The van der Waals surface area contributed by atoms with Crippen molar-refractivity contribution in [3.05, 3.63) is 134 Å². The minimum atomic E-state index is -0.800. The summed E-state index contributed by atoms with van der Waals surface area (Å²) in [5.41, 5.74) is 0. The van der Waals surface area contributed by atoms with Crippen LogP contribution in [0.2, 0.25) is 0 Å². The molecule has 5 nitrogen and oxygen atoms in total. The predicted octanol–water partition coefficient (Wildman–Crippen LogP) is 28.2. The Bertz CT molecular complexity index is 1840. The van der Waals surface area contributed by atoms with E-state index < -0.39 is 6.10 Å². The smallest absolute Gasteiger partial charge is 0.306 e. The van der Waals surface area contributed by atoms with E-state index in [1.54, 1.807) is 0 Å². The molecular weight excluding hydrogens is 1120 g/mol. The third-order valence-corrected chi connectivity index (χ3v) is 17.5. The van der Waals surface area contributed by atoms with Crippen molar-refractivity contribution >= 4 is 11.9 Å². The molecule has 0 fully saturated rings. The fraction of sp³-hybridized carbons (Fsp3) is 0.724. The van der Waals surface area contributed by atoms with Crippen molar-refractivity contribution in [3.8, 4) is 0 Å². The molecule has 0 radical (unpaired) electrons. The third kappa shape index (κ3) is 78.5. The van der Waals surface area contributed by atoms with Crippen molar-refractivity contribution in [1.82, 2.24) is 0 Å². The first-order valence-electron chi connectivity index (χ1n) is 39.7. The molecule has 0 spiro atoms. The molecule has 0 aromatic heterocycles. The van der Waals surface area contributed by atoms with Gasteiger partial charge in [-0.3, -0.25) is 9.59 Å². The summed E-state index contributed by atoms with van der Waals surface area (Å²) in [6.45, 7) is 4.04. The van der Waals surface area contributed by atoms with Gasteiger partial charge in [0.25, 0.3) is 0 Å². The minimum absolute atomic E-state index is 0.0839. The Morgan fingerprint density at radius 3 is 0.707 bits per heavy atom. The monoisotopic (exact) mass is 1280 g/mol. The number of allylic oxidation sites excluding steroid dienone is 22. The number of carbonyl (C=O) groups is 2. The summed E-state index contributed by atoms with van der Waals surface area (Å²) in [7, 11) is 0. The van der Waals surface area contributed by atoms with Crippen molar-refractivity contribution in [2.45, 2.75) is 392 Å². The van der Waals surface area contributed by atoms with Crippen molar-refractivity contribution in [3.63, 3.8) is 0 Å². The molecule has 0 saturated heterocycles. The molecule has 0 aliphatic rings. The van der Waals surface area contributed by atoms with Crippen LogP contribution < -0.4 is 0 Å². The maximum atomic E-state index is 12.4. The van der Waals surface area contributed by atoms with Crippen LogP contribution in [0.1, 0.15) is 386 Å². The van der Waals surface area contributed by atoms with Gasteiger partial charge >= 0.3 is 11.9 Å². The van der Waals surface area contributed by atoms with Gasteiger partial charge in [0, 0.05) is 12.8 Å². The van der Waals surface area contributed by atoms with Gasteiger partial charge in [-0.05, 0) is 96.3 Å². The maximum absolute atomic E-state index is 12.4. The van der Waals surface area contributed by atoms with Crippen molar-refractivity contribution in [2.75, 3.05) is 13.2 Å². The molecule has 0 heterocycles. The van der Waals surface area contributed by atoms with E-state index in [4.69, 9.17) is 9.47 Å². The summed E-state index contributed by atoms with van der Waals surface area (Å²) >= 11 is 0. The number of carbonyl (C=O) groups excluding carboxylic acids is 2. The van der Waals surface area contributed by atoms with Crippen LogP contribution in [0.4, 0.5) is 0 Å². The SMILES string of the molecule is CC/C=C\C/C=C\C/C=C\C/C=C\C/C=C\C/C=C\C/C=C\C/C=C\C/C=C\C/C=C\C/C=C\CCCCCC(=O)OC(CO)COC(=O)CCCCCCCCCCCCCCCCCCCCCCCCCCCCCCCCCCCCCCCCCCC. The molecule has 0 bridgehead atoms. The van der Waals surface area contributed by atoms with E-state index in [2.05, 4.69) is 148 Å². The minimum Gasteiger partial charge on any atom is -0.462 e. The zero-order valence-corrected chi connectivity index (χ0v) is 60.8. The highest BCUT2D eigenvalue weighted by Gasteiger charge is 2.16. The molecule has 92 heavy (non-hydrogen) atoms. The summed E-state index contributed by atoms with van der Waals surface area (Å²) in [6.07, 6.45) is 121. The van der Waals surface area contributed by atoms with Crippen LogP contribution in [-0.2, 0) is 19.1 Å². The van der Waals surface area contributed by atoms with Gasteiger partial charge < -0.3 is 14.6 Å². The molecule has 1 unspecified atom stereocenters. The van der Waals surface area contributed by atoms with Crippen LogP contribution in [0.25, 0.3) is 0 Å². The highest BCUT2D eigenvalue weighted by Crippen LogP contribution is 2.19. The quantitative estimate of drug-likeness (QED) is 0.0373. The average molecular weight is 1280 g/mol. The fourth-order valence-corrected chi connectivity index (χ4v) is 11.6. The Labute approximate surface area is 572 Å². The van der Waals surface area contributed by atoms with Crippen molar-refractivity contribution < 1.29 is 24.2 Å². The lowest BCUT2D eigenvalue weighted by molar-refractivity contribution is -0.161. The summed E-state index contributed by atoms with van der Waals surface area (Å²) in [5, 5.41) is 9.72. The predicted molar refractivity (Wildman–Crippen MR) is 408 cm³/mol. The number of hydrogen-bond acceptors (Lipinski definition) is 5. The van der Waals surface area contributed by atoms with Gasteiger partial charge in [0.05, 0.1) is 6.61 Å². The summed E-state index contributed by atoms with van der Waals surface area (Å²) in [4.78, 5) is 24.7. The molecule has 1 N–H and O–H groups in total. The Balaban J connectivity index is 3.50. The lowest BCUT2D eigenvalue weighted by atomic mass is 10.0. The lowest BCUT2D eigenvalue weighted by Gasteiger charge is -2.15. The topological polar surface area (TPSA) is 72.8 Å². The number of ether oxygens (including phenoxy) is 2. The highest BCUT2D eigenvalue weighted by molar-refractivity contribution is 5.70. The second kappa shape index (κ2) is 81.3. The molecule has 0 saturated carbocycles. The molecular formula is C87H150O5. The number of hydrogen-bond donors (Lipinski definition) is 1. The van der Waals surface area contributed by atoms with Gasteiger partial charge in [-0.15, -0.1) is 0 Å². The molecule has 1 atom stereocenters. The van der Waals surface area contributed by atoms with Crippen LogP contribution in [0.15, 0.2) is 134 Å². The molecule has 0 aliphatic carbocycles. The molecule has 0 amide bonds. The lowest BCUT2D eigenvalue weighted by Crippen LogP contribution is -2.28. The van der Waals surface area contributed by atoms with E-state index in [-0.39, 0.29) is 25.2 Å². The maximum Gasteiger partial charge on any atom is 0.306 e. The molecule has 5 heteroatoms. The molecule has 0 aliphatic heterocycles. The second-order valence-electron chi connectivity index (χ2n) is 26.4. The fourth-order valence-electron chi connectivity index (χ4n) is 11.6. The number of esters is 2. The van der Waals surface area contributed by atoms with E-state index >= 15 is 0 Å². The number of aliphatic hydroxyl groups excluding tert-OH is 1. The van der Waals surface area contributed by atoms with Gasteiger partial charge in [0.15, 0.2) is 6.10 Å². The molecule has 0 rings (SSSR count). The standard InChI is InChI=1S/C87H150O5/c1-3-5-7-9-11-13-15-17-19-21-23-25-27-29-31-33-35-37-39-41-42-43-44-46-47-49-51-53-55-57-59-61-63-65-67-69-71-73-75-77-79-81-86(89)91-84-85(83-88)92-87(90)82-80-78-76-74-72-70-68-66-64-62-60-58-56-54-52-50-48-45-40-38-36-34-32-30-28-26-24-22-20-18-16-14-12-10-8-6-4-2/h6,8,12,14,18,20,24,26,30,32,36,38,45,48,52,54,58,60,64,66,70,72,85,88H,3-5,7,9-11,13,15-17,19,21-23,25,27-29,31,33-35,37,39-44,46-47,49-51,53,55-57,59,61-63,65,67-69,71,73-84H2,1-2H3/b8-6-,14-12-,20-18-,26-24-,32-30-,38-36-,48-45-,54-52-,60-58-,66-64-,72-70-. The van der Waals surface area contributed by atoms with Crippen LogP contribution >= 0.6 is 0 Å². The largest absolute Gasteiger partial charge is 0.462 e. The molecule has 0 aromatic rings. The van der Waals surface area contributed by atoms with E-state index in [1.807, 2.05) is 0 Å². The van der Waals surface area contributed by atoms with E-state index in [9.17, 15) is 14.7 Å². The van der Waals surface area contributed by atoms with Gasteiger partial charge in [-0.1, -0.05) is 411 Å². The molecule has 528 valence electrons. The summed E-state index contributed by atoms with van der Waals surface area (Å²) in [6, 6.07) is 0. The Morgan fingerprint density at radius 1 is 0.261 bits per heavy atom. The van der Waals surface area contributed by atoms with Gasteiger partial charge in [0.1, 0.15) is 6.61 Å². The summed E-state index contributed by atoms with van der Waals surface area (Å²) < 4.78 is 10.7. The zero-order valence-electron chi connectivity index (χ0n) is 60.8. The zero-order chi connectivity index (χ0) is 66.1. The van der Waals surface area contributed by atoms with E-state index in [1.165, 1.54) is 244 Å². The Kier molecular flexibility index (Phi) is 77.8. The third-order valence-electron chi connectivity index (χ3n) is 17.5. The normalized spacial score (nSPS) is 12.9. The van der Waals surface area contributed by atoms with Crippen LogP contribution in [0, 0.1) is 0 Å². The first kappa shape index (κ1) is 88.0. The van der Waals surface area contributed by atoms with Crippen LogP contribution in [-0.4, -0.2) is 36.4 Å². The Morgan fingerprint density at radius 2 is 0.467 bits per heavy atom. The Hall–Kier alpha value is -3.96. The summed E-state index contributed by atoms with van der Waals surface area (Å²) in [5.74, 6) is -0.623. The first-order chi connectivity index (χ1) is 45.6. The van der Waals surface area contributed by atoms with Crippen molar-refractivity contribution in [2.24, 2.45) is 0 Å². The average Bonchev–Trinajstić information content (AvgIpc) is 3.70. The van der Waals surface area contributed by atoms with E-state index in [0.717, 1.165) is 116 Å². The van der Waals surface area contributed by atoms with Crippen LogP contribution in [0.5, 0.6) is 0 Å². The van der Waals surface area contributed by atoms with Crippen LogP contribution in [0.3, 0.4) is 0 Å². The number of rotatable bonds is 73. The van der Waals surface area contributed by atoms with Gasteiger partial charge in [0.2, 0.25) is 0 Å².